The van der Waals surface area contributed by atoms with E-state index in [1.165, 1.54) is 0 Å². The molecular formula is C31H36N6O3S. The van der Waals surface area contributed by atoms with Crippen LogP contribution in [0.3, 0.4) is 0 Å². The number of hydrogen-bond donors (Lipinski definition) is 1. The molecule has 2 aromatic carbocycles. The van der Waals surface area contributed by atoms with Crippen molar-refractivity contribution in [3.05, 3.63) is 87.2 Å². The van der Waals surface area contributed by atoms with E-state index < -0.39 is 10.8 Å². The van der Waals surface area contributed by atoms with Crippen LogP contribution >= 0.6 is 0 Å². The quantitative estimate of drug-likeness (QED) is 0.371. The molecule has 1 aliphatic heterocycles. The van der Waals surface area contributed by atoms with Gasteiger partial charge in [0, 0.05) is 57.1 Å². The summed E-state index contributed by atoms with van der Waals surface area (Å²) in [5.74, 6) is 1.39. The Labute approximate surface area is 242 Å². The van der Waals surface area contributed by atoms with E-state index in [1.54, 1.807) is 24.1 Å². The first-order chi connectivity index (χ1) is 19.5. The highest BCUT2D eigenvalue weighted by molar-refractivity contribution is 7.84. The maximum atomic E-state index is 13.6. The Hall–Kier alpha value is -4.05. The molecule has 0 bridgehead atoms. The van der Waals surface area contributed by atoms with E-state index in [2.05, 4.69) is 39.2 Å². The predicted molar refractivity (Wildman–Crippen MR) is 164 cm³/mol. The Balaban J connectivity index is 1.45. The lowest BCUT2D eigenvalue weighted by Gasteiger charge is -2.37. The Kier molecular flexibility index (Phi) is 7.95. The molecule has 1 unspecified atom stereocenters. The van der Waals surface area contributed by atoms with Crippen LogP contribution in [0.2, 0.25) is 0 Å². The summed E-state index contributed by atoms with van der Waals surface area (Å²) in [6.45, 7) is 9.95. The minimum absolute atomic E-state index is 0.0596. The third kappa shape index (κ3) is 5.61. The number of carbonyl (C=O) groups excluding carboxylic acids is 1. The summed E-state index contributed by atoms with van der Waals surface area (Å²) in [6, 6.07) is 13.6. The molecule has 41 heavy (non-hydrogen) atoms. The van der Waals surface area contributed by atoms with Crippen LogP contribution in [0.1, 0.15) is 46.0 Å². The number of amides is 1. The van der Waals surface area contributed by atoms with E-state index in [1.807, 2.05) is 56.0 Å². The summed E-state index contributed by atoms with van der Waals surface area (Å²) in [6.07, 6.45) is 3.28. The third-order valence-electron chi connectivity index (χ3n) is 7.76. The monoisotopic (exact) mass is 572 g/mol. The molecule has 1 aliphatic rings. The average Bonchev–Trinajstić information content (AvgIpc) is 2.95. The highest BCUT2D eigenvalue weighted by Gasteiger charge is 2.26. The Morgan fingerprint density at radius 2 is 1.73 bits per heavy atom. The van der Waals surface area contributed by atoms with Gasteiger partial charge in [-0.15, -0.1) is 0 Å². The van der Waals surface area contributed by atoms with Gasteiger partial charge < -0.3 is 15.1 Å². The fourth-order valence-corrected chi connectivity index (χ4v) is 6.29. The second kappa shape index (κ2) is 11.4. The van der Waals surface area contributed by atoms with Crippen molar-refractivity contribution in [1.29, 1.82) is 0 Å². The van der Waals surface area contributed by atoms with E-state index in [0.29, 0.717) is 48.6 Å². The zero-order valence-corrected chi connectivity index (χ0v) is 25.2. The Morgan fingerprint density at radius 1 is 1.02 bits per heavy atom. The van der Waals surface area contributed by atoms with Crippen molar-refractivity contribution in [1.82, 2.24) is 19.4 Å². The number of rotatable bonds is 6. The normalized spacial score (nSPS) is 15.2. The van der Waals surface area contributed by atoms with Crippen LogP contribution in [-0.4, -0.2) is 62.0 Å². The van der Waals surface area contributed by atoms with Gasteiger partial charge in [-0.05, 0) is 68.5 Å². The first kappa shape index (κ1) is 28.5. The fourth-order valence-electron chi connectivity index (χ4n) is 5.59. The number of benzene rings is 2. The van der Waals surface area contributed by atoms with Gasteiger partial charge in [-0.2, -0.15) is 0 Å². The van der Waals surface area contributed by atoms with E-state index >= 15 is 0 Å². The van der Waals surface area contributed by atoms with Crippen LogP contribution < -0.4 is 15.8 Å². The van der Waals surface area contributed by atoms with Crippen molar-refractivity contribution in [3.63, 3.8) is 0 Å². The molecule has 1 fully saturated rings. The lowest BCUT2D eigenvalue weighted by molar-refractivity contribution is 0.0744. The SMILES string of the molecule is Cc1cc([C@@H](C)Nc2ccccc2S(C)=O)c2cc(N3CCN(C(=O)c4cnc(C)nc4C)CC3)n(C)c(=O)c2c1. The topological polar surface area (TPSA) is 100 Å². The first-order valence-corrected chi connectivity index (χ1v) is 15.3. The number of hydrogen-bond acceptors (Lipinski definition) is 7. The van der Waals surface area contributed by atoms with Gasteiger partial charge in [0.05, 0.1) is 32.6 Å². The molecule has 3 heterocycles. The summed E-state index contributed by atoms with van der Waals surface area (Å²) in [5.41, 5.74) is 3.96. The number of aromatic nitrogens is 3. The molecule has 0 radical (unpaired) electrons. The van der Waals surface area contributed by atoms with Crippen molar-refractivity contribution in [2.24, 2.45) is 7.05 Å². The van der Waals surface area contributed by atoms with Crippen LogP contribution in [-0.2, 0) is 17.8 Å². The van der Waals surface area contributed by atoms with Crippen molar-refractivity contribution >= 4 is 39.0 Å². The molecule has 5 rings (SSSR count). The Morgan fingerprint density at radius 3 is 2.41 bits per heavy atom. The molecule has 0 saturated carbocycles. The number of anilines is 2. The van der Waals surface area contributed by atoms with E-state index in [-0.39, 0.29) is 17.5 Å². The van der Waals surface area contributed by atoms with Crippen molar-refractivity contribution in [2.75, 3.05) is 42.7 Å². The van der Waals surface area contributed by atoms with Crippen LogP contribution in [0.15, 0.2) is 58.4 Å². The van der Waals surface area contributed by atoms with Gasteiger partial charge >= 0.3 is 0 Å². The van der Waals surface area contributed by atoms with E-state index in [0.717, 1.165) is 32.9 Å². The molecule has 2 aromatic heterocycles. The highest BCUT2D eigenvalue weighted by Crippen LogP contribution is 2.31. The summed E-state index contributed by atoms with van der Waals surface area (Å²) in [7, 11) is 0.666. The van der Waals surface area contributed by atoms with Gasteiger partial charge in [0.2, 0.25) is 0 Å². The largest absolute Gasteiger partial charge is 0.378 e. The number of para-hydroxylation sites is 1. The lowest BCUT2D eigenvalue weighted by Crippen LogP contribution is -2.50. The zero-order chi connectivity index (χ0) is 29.4. The van der Waals surface area contributed by atoms with Crippen molar-refractivity contribution < 1.29 is 9.00 Å². The van der Waals surface area contributed by atoms with Crippen molar-refractivity contribution in [3.8, 4) is 0 Å². The molecule has 214 valence electrons. The zero-order valence-electron chi connectivity index (χ0n) is 24.4. The highest BCUT2D eigenvalue weighted by atomic mass is 32.2. The minimum Gasteiger partial charge on any atom is -0.378 e. The Bertz CT molecular complexity index is 1730. The molecule has 1 N–H and O–H groups in total. The van der Waals surface area contributed by atoms with Crippen LogP contribution in [0.25, 0.3) is 10.8 Å². The summed E-state index contributed by atoms with van der Waals surface area (Å²) >= 11 is 0. The number of carbonyl (C=O) groups is 1. The van der Waals surface area contributed by atoms with Crippen LogP contribution in [0.5, 0.6) is 0 Å². The van der Waals surface area contributed by atoms with Gasteiger partial charge in [0.25, 0.3) is 11.5 Å². The maximum absolute atomic E-state index is 13.6. The lowest BCUT2D eigenvalue weighted by atomic mass is 9.97. The molecule has 1 amide bonds. The molecule has 10 heteroatoms. The van der Waals surface area contributed by atoms with Crippen molar-refractivity contribution in [2.45, 2.75) is 38.6 Å². The van der Waals surface area contributed by atoms with E-state index in [9.17, 15) is 13.8 Å². The number of piperazine rings is 1. The van der Waals surface area contributed by atoms with Crippen LogP contribution in [0, 0.1) is 20.8 Å². The number of fused-ring (bicyclic) bond motifs is 1. The smallest absolute Gasteiger partial charge is 0.259 e. The molecule has 0 spiro atoms. The predicted octanol–water partition coefficient (Wildman–Crippen LogP) is 4.13. The second-order valence-electron chi connectivity index (χ2n) is 10.7. The fraction of sp³-hybridized carbons (Fsp3) is 0.355. The molecule has 1 saturated heterocycles. The third-order valence-corrected chi connectivity index (χ3v) is 8.74. The van der Waals surface area contributed by atoms with Gasteiger partial charge in [0.15, 0.2) is 0 Å². The van der Waals surface area contributed by atoms with E-state index in [4.69, 9.17) is 0 Å². The molecule has 0 aliphatic carbocycles. The number of aryl methyl sites for hydroxylation is 3. The second-order valence-corrected chi connectivity index (χ2v) is 12.0. The molecular weight excluding hydrogens is 536 g/mol. The average molecular weight is 573 g/mol. The van der Waals surface area contributed by atoms with Gasteiger partial charge in [-0.1, -0.05) is 18.2 Å². The number of nitrogens with zero attached hydrogens (tertiary/aromatic N) is 5. The summed E-state index contributed by atoms with van der Waals surface area (Å²) in [5, 5.41) is 5.08. The molecule has 2 atom stereocenters. The first-order valence-electron chi connectivity index (χ1n) is 13.7. The number of nitrogens with one attached hydrogen (secondary N) is 1. The number of pyridine rings is 1. The van der Waals surface area contributed by atoms with Gasteiger partial charge in [-0.3, -0.25) is 18.4 Å². The standard InChI is InChI=1S/C31H36N6O3S/c1-19-15-23(20(2)34-27-9-7-8-10-28(27)41(6)40)24-17-29(35(5)30(38)25(24)16-19)36-11-13-37(14-12-36)31(39)26-18-32-22(4)33-21(26)3/h7-10,15-18,20,34H,11-14H2,1-6H3/t20-,41?/m1/s1. The summed E-state index contributed by atoms with van der Waals surface area (Å²) < 4.78 is 14.0. The molecule has 4 aromatic rings. The summed E-state index contributed by atoms with van der Waals surface area (Å²) in [4.78, 5) is 40.1. The molecule has 9 nitrogen and oxygen atoms in total. The minimum atomic E-state index is -1.14. The van der Waals surface area contributed by atoms with Gasteiger partial charge in [-0.25, -0.2) is 9.97 Å². The maximum Gasteiger partial charge on any atom is 0.259 e. The van der Waals surface area contributed by atoms with Crippen LogP contribution in [0.4, 0.5) is 11.5 Å². The van der Waals surface area contributed by atoms with Gasteiger partial charge in [0.1, 0.15) is 11.6 Å².